The number of rotatable bonds is 4. The van der Waals surface area contributed by atoms with Gasteiger partial charge in [0, 0.05) is 11.1 Å². The minimum absolute atomic E-state index is 0.00944. The number of aliphatic carboxylic acids is 1. The first-order valence-corrected chi connectivity index (χ1v) is 4.68. The first-order chi connectivity index (χ1) is 6.59. The van der Waals surface area contributed by atoms with Crippen LogP contribution in [0.1, 0.15) is 18.5 Å². The highest BCUT2D eigenvalue weighted by molar-refractivity contribution is 6.30. The van der Waals surface area contributed by atoms with Crippen LogP contribution in [-0.2, 0) is 4.79 Å². The van der Waals surface area contributed by atoms with E-state index in [4.69, 9.17) is 16.7 Å². The average Bonchev–Trinajstić information content (AvgIpc) is 2.14. The van der Waals surface area contributed by atoms with Crippen LogP contribution in [0.25, 0.3) is 0 Å². The van der Waals surface area contributed by atoms with E-state index in [0.29, 0.717) is 5.02 Å². The van der Waals surface area contributed by atoms with Gasteiger partial charge in [-0.15, -0.1) is 0 Å². The zero-order valence-electron chi connectivity index (χ0n) is 7.83. The van der Waals surface area contributed by atoms with Crippen molar-refractivity contribution in [1.29, 1.82) is 0 Å². The molecule has 0 saturated heterocycles. The molecule has 1 rings (SSSR count). The summed E-state index contributed by atoms with van der Waals surface area (Å²) in [6.45, 7) is 1.85. The fourth-order valence-corrected chi connectivity index (χ4v) is 1.33. The Balaban J connectivity index is 2.60. The fourth-order valence-electron chi connectivity index (χ4n) is 1.13. The van der Waals surface area contributed by atoms with Crippen molar-refractivity contribution < 1.29 is 9.90 Å². The molecule has 0 unspecified atom stereocenters. The molecule has 0 spiro atoms. The van der Waals surface area contributed by atoms with Crippen molar-refractivity contribution in [1.82, 2.24) is 5.32 Å². The number of hydrogen-bond donors (Lipinski definition) is 2. The highest BCUT2D eigenvalue weighted by Crippen LogP contribution is 2.16. The Morgan fingerprint density at radius 3 is 2.93 bits per heavy atom. The van der Waals surface area contributed by atoms with Crippen LogP contribution >= 0.6 is 11.6 Å². The van der Waals surface area contributed by atoms with Crippen molar-refractivity contribution in [3.05, 3.63) is 34.9 Å². The summed E-state index contributed by atoms with van der Waals surface area (Å²) in [5, 5.41) is 12.0. The third-order valence-corrected chi connectivity index (χ3v) is 2.14. The molecule has 3 nitrogen and oxygen atoms in total. The molecule has 1 atom stereocenters. The molecular weight excluding hydrogens is 202 g/mol. The van der Waals surface area contributed by atoms with Crippen molar-refractivity contribution in [3.63, 3.8) is 0 Å². The Morgan fingerprint density at radius 1 is 1.64 bits per heavy atom. The normalized spacial score (nSPS) is 12.4. The second-order valence-corrected chi connectivity index (χ2v) is 3.49. The number of benzene rings is 1. The van der Waals surface area contributed by atoms with Crippen LogP contribution in [0.2, 0.25) is 5.02 Å². The van der Waals surface area contributed by atoms with Crippen molar-refractivity contribution >= 4 is 17.6 Å². The summed E-state index contributed by atoms with van der Waals surface area (Å²) >= 11 is 5.81. The molecule has 0 heterocycles. The number of carboxylic acids is 1. The van der Waals surface area contributed by atoms with Gasteiger partial charge in [0.2, 0.25) is 0 Å². The highest BCUT2D eigenvalue weighted by Gasteiger charge is 2.06. The number of halogens is 1. The zero-order valence-corrected chi connectivity index (χ0v) is 8.58. The number of carboxylic acid groups (broad SMARTS) is 1. The summed E-state index contributed by atoms with van der Waals surface area (Å²) in [5.74, 6) is -0.862. The molecule has 0 radical (unpaired) electrons. The maximum atomic E-state index is 10.3. The van der Waals surface area contributed by atoms with E-state index >= 15 is 0 Å². The van der Waals surface area contributed by atoms with Crippen LogP contribution in [0, 0.1) is 0 Å². The molecule has 76 valence electrons. The van der Waals surface area contributed by atoms with E-state index < -0.39 is 5.97 Å². The number of hydrogen-bond acceptors (Lipinski definition) is 2. The summed E-state index contributed by atoms with van der Waals surface area (Å²) in [4.78, 5) is 10.3. The largest absolute Gasteiger partial charge is 0.480 e. The van der Waals surface area contributed by atoms with E-state index in [1.165, 1.54) is 0 Å². The SMILES string of the molecule is C[C@@H](NCC(=O)O)c1cccc(Cl)c1. The Bertz CT molecular complexity index is 328. The van der Waals surface area contributed by atoms with E-state index in [9.17, 15) is 4.79 Å². The lowest BCUT2D eigenvalue weighted by Crippen LogP contribution is -2.25. The number of carbonyl (C=O) groups is 1. The van der Waals surface area contributed by atoms with Gasteiger partial charge in [0.05, 0.1) is 6.54 Å². The Hall–Kier alpha value is -1.06. The molecule has 0 aliphatic rings. The van der Waals surface area contributed by atoms with Gasteiger partial charge in [-0.3, -0.25) is 4.79 Å². The van der Waals surface area contributed by atoms with Crippen molar-refractivity contribution in [2.45, 2.75) is 13.0 Å². The zero-order chi connectivity index (χ0) is 10.6. The molecule has 0 aliphatic heterocycles. The first kappa shape index (κ1) is 11.0. The predicted octanol–water partition coefficient (Wildman–Crippen LogP) is 2.08. The van der Waals surface area contributed by atoms with Crippen LogP contribution in [0.15, 0.2) is 24.3 Å². The van der Waals surface area contributed by atoms with Gasteiger partial charge in [0.1, 0.15) is 0 Å². The van der Waals surface area contributed by atoms with Gasteiger partial charge >= 0.3 is 5.97 Å². The van der Waals surface area contributed by atoms with Crippen molar-refractivity contribution in [3.8, 4) is 0 Å². The lowest BCUT2D eigenvalue weighted by Gasteiger charge is -2.12. The maximum Gasteiger partial charge on any atom is 0.317 e. The second-order valence-electron chi connectivity index (χ2n) is 3.05. The average molecular weight is 214 g/mol. The molecule has 2 N–H and O–H groups in total. The molecule has 0 aliphatic carbocycles. The quantitative estimate of drug-likeness (QED) is 0.805. The van der Waals surface area contributed by atoms with E-state index in [0.717, 1.165) is 5.56 Å². The van der Waals surface area contributed by atoms with Crippen LogP contribution in [-0.4, -0.2) is 17.6 Å². The first-order valence-electron chi connectivity index (χ1n) is 4.30. The second kappa shape index (κ2) is 4.98. The minimum atomic E-state index is -0.862. The molecule has 0 amide bonds. The molecule has 0 aromatic heterocycles. The van der Waals surface area contributed by atoms with Crippen molar-refractivity contribution in [2.24, 2.45) is 0 Å². The predicted molar refractivity (Wildman–Crippen MR) is 55.5 cm³/mol. The van der Waals surface area contributed by atoms with E-state index in [2.05, 4.69) is 5.32 Å². The molecule has 14 heavy (non-hydrogen) atoms. The van der Waals surface area contributed by atoms with Crippen LogP contribution < -0.4 is 5.32 Å². The molecule has 1 aromatic rings. The lowest BCUT2D eigenvalue weighted by molar-refractivity contribution is -0.136. The van der Waals surface area contributed by atoms with Crippen LogP contribution in [0.4, 0.5) is 0 Å². The smallest absolute Gasteiger partial charge is 0.317 e. The van der Waals surface area contributed by atoms with Gasteiger partial charge in [-0.05, 0) is 24.6 Å². The van der Waals surface area contributed by atoms with Crippen LogP contribution in [0.3, 0.4) is 0 Å². The molecular formula is C10H12ClNO2. The maximum absolute atomic E-state index is 10.3. The monoisotopic (exact) mass is 213 g/mol. The molecule has 4 heteroatoms. The fraction of sp³-hybridized carbons (Fsp3) is 0.300. The van der Waals surface area contributed by atoms with E-state index in [1.54, 1.807) is 6.07 Å². The number of nitrogens with one attached hydrogen (secondary N) is 1. The third kappa shape index (κ3) is 3.36. The molecule has 0 fully saturated rings. The Kier molecular flexibility index (Phi) is 3.92. The topological polar surface area (TPSA) is 49.3 Å². The summed E-state index contributed by atoms with van der Waals surface area (Å²) in [6.07, 6.45) is 0. The summed E-state index contributed by atoms with van der Waals surface area (Å²) in [7, 11) is 0. The molecule has 0 saturated carbocycles. The van der Waals surface area contributed by atoms with Crippen LogP contribution in [0.5, 0.6) is 0 Å². The van der Waals surface area contributed by atoms with Gasteiger partial charge in [-0.25, -0.2) is 0 Å². The van der Waals surface area contributed by atoms with E-state index in [1.807, 2.05) is 25.1 Å². The summed E-state index contributed by atoms with van der Waals surface area (Å²) in [5.41, 5.74) is 0.985. The Labute approximate surface area is 87.7 Å². The van der Waals surface area contributed by atoms with Crippen molar-refractivity contribution in [2.75, 3.05) is 6.54 Å². The van der Waals surface area contributed by atoms with Gasteiger partial charge in [-0.1, -0.05) is 23.7 Å². The van der Waals surface area contributed by atoms with Gasteiger partial charge in [-0.2, -0.15) is 0 Å². The van der Waals surface area contributed by atoms with Gasteiger partial charge in [0.25, 0.3) is 0 Å². The minimum Gasteiger partial charge on any atom is -0.480 e. The molecule has 1 aromatic carbocycles. The third-order valence-electron chi connectivity index (χ3n) is 1.91. The summed E-state index contributed by atoms with van der Waals surface area (Å²) < 4.78 is 0. The lowest BCUT2D eigenvalue weighted by atomic mass is 10.1. The Morgan fingerprint density at radius 2 is 2.36 bits per heavy atom. The summed E-state index contributed by atoms with van der Waals surface area (Å²) in [6, 6.07) is 7.35. The van der Waals surface area contributed by atoms with Gasteiger partial charge < -0.3 is 10.4 Å². The standard InChI is InChI=1S/C10H12ClNO2/c1-7(12-6-10(13)14)8-3-2-4-9(11)5-8/h2-5,7,12H,6H2,1H3,(H,13,14)/t7-/m1/s1. The van der Waals surface area contributed by atoms with E-state index in [-0.39, 0.29) is 12.6 Å². The van der Waals surface area contributed by atoms with Gasteiger partial charge in [0.15, 0.2) is 0 Å². The molecule has 0 bridgehead atoms. The highest BCUT2D eigenvalue weighted by atomic mass is 35.5.